The fraction of sp³-hybridized carbons (Fsp3) is 0.455. The Morgan fingerprint density at radius 3 is 2.69 bits per heavy atom. The summed E-state index contributed by atoms with van der Waals surface area (Å²) in [6.45, 7) is 4.17. The molecular formula is C11H16O2. The molecule has 0 amide bonds. The number of methoxy groups -OCH3 is 1. The Bertz CT molecular complexity index is 281. The molecule has 1 aromatic carbocycles. The minimum Gasteiger partial charge on any atom is -0.496 e. The largest absolute Gasteiger partial charge is 0.496 e. The van der Waals surface area contributed by atoms with Crippen LogP contribution in [0.2, 0.25) is 0 Å². The molecule has 2 heteroatoms. The SMILES string of the molecule is COc1ccc(C)cc1[C@@H](C)CO. The maximum Gasteiger partial charge on any atom is 0.122 e. The number of hydrogen-bond acceptors (Lipinski definition) is 2. The third-order valence-corrected chi connectivity index (χ3v) is 2.19. The zero-order chi connectivity index (χ0) is 9.84. The molecule has 0 bridgehead atoms. The zero-order valence-electron chi connectivity index (χ0n) is 8.37. The minimum absolute atomic E-state index is 0.134. The van der Waals surface area contributed by atoms with Gasteiger partial charge in [0, 0.05) is 12.5 Å². The number of aryl methyl sites for hydroxylation is 1. The van der Waals surface area contributed by atoms with E-state index in [-0.39, 0.29) is 12.5 Å². The fourth-order valence-electron chi connectivity index (χ4n) is 1.34. The normalized spacial score (nSPS) is 12.6. The van der Waals surface area contributed by atoms with Crippen molar-refractivity contribution in [1.82, 2.24) is 0 Å². The summed E-state index contributed by atoms with van der Waals surface area (Å²) in [5, 5.41) is 9.04. The lowest BCUT2D eigenvalue weighted by Gasteiger charge is -2.13. The lowest BCUT2D eigenvalue weighted by Crippen LogP contribution is -2.02. The number of rotatable bonds is 3. The van der Waals surface area contributed by atoms with Crippen molar-refractivity contribution in [2.45, 2.75) is 19.8 Å². The first-order valence-electron chi connectivity index (χ1n) is 4.44. The third kappa shape index (κ3) is 2.22. The van der Waals surface area contributed by atoms with E-state index in [2.05, 4.69) is 6.07 Å². The molecule has 72 valence electrons. The van der Waals surface area contributed by atoms with Crippen molar-refractivity contribution in [2.24, 2.45) is 0 Å². The van der Waals surface area contributed by atoms with Crippen molar-refractivity contribution in [2.75, 3.05) is 13.7 Å². The number of ether oxygens (including phenoxy) is 1. The number of hydrogen-bond donors (Lipinski definition) is 1. The summed E-state index contributed by atoms with van der Waals surface area (Å²) in [5.41, 5.74) is 2.26. The first-order valence-corrected chi connectivity index (χ1v) is 4.44. The number of benzene rings is 1. The second kappa shape index (κ2) is 4.28. The van der Waals surface area contributed by atoms with E-state index in [1.807, 2.05) is 26.0 Å². The van der Waals surface area contributed by atoms with Crippen LogP contribution in [-0.2, 0) is 0 Å². The van der Waals surface area contributed by atoms with Crippen molar-refractivity contribution >= 4 is 0 Å². The van der Waals surface area contributed by atoms with E-state index < -0.39 is 0 Å². The van der Waals surface area contributed by atoms with E-state index in [9.17, 15) is 0 Å². The molecule has 0 unspecified atom stereocenters. The van der Waals surface area contributed by atoms with E-state index in [4.69, 9.17) is 9.84 Å². The second-order valence-electron chi connectivity index (χ2n) is 3.33. The molecule has 1 aromatic rings. The van der Waals surface area contributed by atoms with Crippen LogP contribution in [0.4, 0.5) is 0 Å². The van der Waals surface area contributed by atoms with Crippen molar-refractivity contribution in [3.05, 3.63) is 29.3 Å². The predicted octanol–water partition coefficient (Wildman–Crippen LogP) is 2.10. The van der Waals surface area contributed by atoms with Gasteiger partial charge in [0.25, 0.3) is 0 Å². The first-order chi connectivity index (χ1) is 6.19. The molecule has 0 aliphatic heterocycles. The zero-order valence-corrected chi connectivity index (χ0v) is 8.37. The van der Waals surface area contributed by atoms with Gasteiger partial charge in [-0.25, -0.2) is 0 Å². The average Bonchev–Trinajstić information content (AvgIpc) is 2.16. The molecule has 0 aromatic heterocycles. The molecule has 0 saturated heterocycles. The van der Waals surface area contributed by atoms with E-state index in [0.717, 1.165) is 11.3 Å². The van der Waals surface area contributed by atoms with Crippen LogP contribution in [0, 0.1) is 6.92 Å². The number of aliphatic hydroxyl groups excluding tert-OH is 1. The molecule has 2 nitrogen and oxygen atoms in total. The number of aliphatic hydroxyl groups is 1. The third-order valence-electron chi connectivity index (χ3n) is 2.19. The van der Waals surface area contributed by atoms with Gasteiger partial charge in [-0.2, -0.15) is 0 Å². The summed E-state index contributed by atoms with van der Waals surface area (Å²) >= 11 is 0. The lowest BCUT2D eigenvalue weighted by atomic mass is 9.99. The summed E-state index contributed by atoms with van der Waals surface area (Å²) < 4.78 is 5.21. The maximum absolute atomic E-state index is 9.04. The van der Waals surface area contributed by atoms with Crippen LogP contribution in [0.5, 0.6) is 5.75 Å². The first kappa shape index (κ1) is 10.1. The maximum atomic E-state index is 9.04. The molecule has 1 atom stereocenters. The van der Waals surface area contributed by atoms with Crippen LogP contribution in [0.25, 0.3) is 0 Å². The Morgan fingerprint density at radius 2 is 2.15 bits per heavy atom. The molecule has 0 saturated carbocycles. The van der Waals surface area contributed by atoms with Crippen LogP contribution in [0.1, 0.15) is 24.0 Å². The van der Waals surface area contributed by atoms with Crippen molar-refractivity contribution < 1.29 is 9.84 Å². The van der Waals surface area contributed by atoms with Crippen molar-refractivity contribution in [3.8, 4) is 5.75 Å². The highest BCUT2D eigenvalue weighted by Crippen LogP contribution is 2.26. The molecule has 1 rings (SSSR count). The molecule has 1 N–H and O–H groups in total. The van der Waals surface area contributed by atoms with Gasteiger partial charge in [0.1, 0.15) is 5.75 Å². The minimum atomic E-state index is 0.134. The monoisotopic (exact) mass is 180 g/mol. The van der Waals surface area contributed by atoms with Crippen LogP contribution in [0.15, 0.2) is 18.2 Å². The molecule has 0 heterocycles. The van der Waals surface area contributed by atoms with Gasteiger partial charge in [-0.3, -0.25) is 0 Å². The van der Waals surface area contributed by atoms with Gasteiger partial charge in [0.2, 0.25) is 0 Å². The summed E-state index contributed by atoms with van der Waals surface area (Å²) in [7, 11) is 1.65. The highest BCUT2D eigenvalue weighted by molar-refractivity contribution is 5.39. The molecule has 0 aliphatic rings. The van der Waals surface area contributed by atoms with E-state index >= 15 is 0 Å². The van der Waals surface area contributed by atoms with E-state index in [0.29, 0.717) is 0 Å². The quantitative estimate of drug-likeness (QED) is 0.771. The van der Waals surface area contributed by atoms with Crippen molar-refractivity contribution in [3.63, 3.8) is 0 Å². The Labute approximate surface area is 79.2 Å². The standard InChI is InChI=1S/C11H16O2/c1-8-4-5-11(13-3)10(6-8)9(2)7-12/h4-6,9,12H,7H2,1-3H3/t9-/m0/s1. The van der Waals surface area contributed by atoms with Gasteiger partial charge >= 0.3 is 0 Å². The molecule has 0 spiro atoms. The summed E-state index contributed by atoms with van der Waals surface area (Å²) in [6, 6.07) is 6.00. The Kier molecular flexibility index (Phi) is 3.32. The Morgan fingerprint density at radius 1 is 1.46 bits per heavy atom. The molecule has 0 aliphatic carbocycles. The van der Waals surface area contributed by atoms with Crippen molar-refractivity contribution in [1.29, 1.82) is 0 Å². The Hall–Kier alpha value is -1.02. The molecule has 0 radical (unpaired) electrons. The Balaban J connectivity index is 3.07. The second-order valence-corrected chi connectivity index (χ2v) is 3.33. The summed E-state index contributed by atoms with van der Waals surface area (Å²) in [4.78, 5) is 0. The van der Waals surface area contributed by atoms with Crippen LogP contribution in [-0.4, -0.2) is 18.8 Å². The predicted molar refractivity (Wildman–Crippen MR) is 53.2 cm³/mol. The average molecular weight is 180 g/mol. The van der Waals surface area contributed by atoms with Gasteiger partial charge in [-0.15, -0.1) is 0 Å². The lowest BCUT2D eigenvalue weighted by molar-refractivity contribution is 0.269. The van der Waals surface area contributed by atoms with Crippen LogP contribution < -0.4 is 4.74 Å². The molecule has 13 heavy (non-hydrogen) atoms. The smallest absolute Gasteiger partial charge is 0.122 e. The van der Waals surface area contributed by atoms with Gasteiger partial charge in [0.05, 0.1) is 7.11 Å². The van der Waals surface area contributed by atoms with E-state index in [1.54, 1.807) is 7.11 Å². The van der Waals surface area contributed by atoms with Gasteiger partial charge in [-0.1, -0.05) is 24.6 Å². The highest BCUT2D eigenvalue weighted by Gasteiger charge is 2.09. The van der Waals surface area contributed by atoms with E-state index in [1.165, 1.54) is 5.56 Å². The molecular weight excluding hydrogens is 164 g/mol. The summed E-state index contributed by atoms with van der Waals surface area (Å²) in [6.07, 6.45) is 0. The fourth-order valence-corrected chi connectivity index (χ4v) is 1.34. The van der Waals surface area contributed by atoms with Crippen LogP contribution in [0.3, 0.4) is 0 Å². The highest BCUT2D eigenvalue weighted by atomic mass is 16.5. The van der Waals surface area contributed by atoms with Gasteiger partial charge < -0.3 is 9.84 Å². The summed E-state index contributed by atoms with van der Waals surface area (Å²) in [5.74, 6) is 0.988. The van der Waals surface area contributed by atoms with Crippen LogP contribution >= 0.6 is 0 Å². The van der Waals surface area contributed by atoms with Gasteiger partial charge in [0.15, 0.2) is 0 Å². The topological polar surface area (TPSA) is 29.5 Å². The molecule has 0 fully saturated rings. The van der Waals surface area contributed by atoms with Gasteiger partial charge in [-0.05, 0) is 18.6 Å².